The smallest absolute Gasteiger partial charge is 0.234 e. The third kappa shape index (κ3) is 8.04. The zero-order valence-corrected chi connectivity index (χ0v) is 19.9. The van der Waals surface area contributed by atoms with Gasteiger partial charge in [0.05, 0.1) is 12.2 Å². The molecule has 4 rings (SSSR count). The highest BCUT2D eigenvalue weighted by molar-refractivity contribution is 5.77. The summed E-state index contributed by atoms with van der Waals surface area (Å²) in [6.07, 6.45) is 6.91. The van der Waals surface area contributed by atoms with Crippen molar-refractivity contribution in [3.8, 4) is 0 Å². The number of nitrogens with one attached hydrogen (secondary N) is 2. The third-order valence-corrected chi connectivity index (χ3v) is 6.14. The van der Waals surface area contributed by atoms with Gasteiger partial charge in [-0.2, -0.15) is 0 Å². The lowest BCUT2D eigenvalue weighted by molar-refractivity contribution is -0.122. The van der Waals surface area contributed by atoms with E-state index in [1.54, 1.807) is 0 Å². The van der Waals surface area contributed by atoms with E-state index in [4.69, 9.17) is 4.98 Å². The van der Waals surface area contributed by atoms with Crippen LogP contribution >= 0.6 is 0 Å². The monoisotopic (exact) mass is 457 g/mol. The van der Waals surface area contributed by atoms with E-state index in [1.165, 1.54) is 16.8 Å². The van der Waals surface area contributed by atoms with Crippen LogP contribution in [0, 0.1) is 0 Å². The minimum atomic E-state index is 0.106. The first-order chi connectivity index (χ1) is 16.7. The molecule has 0 unspecified atom stereocenters. The molecule has 1 aliphatic rings. The SMILES string of the molecule is O=C1CN(Cc2ccc(CNCc3ccccn3)cc2)CCc2cccc(n2)CCCCCN1. The predicted molar refractivity (Wildman–Crippen MR) is 135 cm³/mol. The van der Waals surface area contributed by atoms with E-state index in [2.05, 4.69) is 63.0 Å². The van der Waals surface area contributed by atoms with Crippen LogP contribution in [-0.4, -0.2) is 40.4 Å². The molecule has 178 valence electrons. The van der Waals surface area contributed by atoms with Gasteiger partial charge in [0, 0.05) is 56.7 Å². The number of benzene rings is 1. The molecule has 3 heterocycles. The Kier molecular flexibility index (Phi) is 9.17. The van der Waals surface area contributed by atoms with E-state index in [-0.39, 0.29) is 5.91 Å². The van der Waals surface area contributed by atoms with Crippen molar-refractivity contribution in [3.63, 3.8) is 0 Å². The lowest BCUT2D eigenvalue weighted by Crippen LogP contribution is -2.38. The number of aromatic nitrogens is 2. The van der Waals surface area contributed by atoms with Gasteiger partial charge in [-0.25, -0.2) is 0 Å². The number of aryl methyl sites for hydroxylation is 1. The van der Waals surface area contributed by atoms with Crippen LogP contribution in [0.15, 0.2) is 66.9 Å². The van der Waals surface area contributed by atoms with Crippen LogP contribution in [-0.2, 0) is 37.3 Å². The number of pyridine rings is 2. The first-order valence-corrected chi connectivity index (χ1v) is 12.4. The number of rotatable bonds is 6. The molecule has 0 saturated heterocycles. The summed E-state index contributed by atoms with van der Waals surface area (Å²) in [5.74, 6) is 0.106. The van der Waals surface area contributed by atoms with Crippen molar-refractivity contribution in [2.45, 2.75) is 51.7 Å². The molecule has 1 aromatic carbocycles. The molecule has 6 nitrogen and oxygen atoms in total. The van der Waals surface area contributed by atoms with Crippen LogP contribution in [0.4, 0.5) is 0 Å². The minimum absolute atomic E-state index is 0.106. The molecule has 3 aromatic rings. The summed E-state index contributed by atoms with van der Waals surface area (Å²) in [7, 11) is 0. The number of amides is 1. The number of hydrogen-bond acceptors (Lipinski definition) is 5. The largest absolute Gasteiger partial charge is 0.355 e. The number of nitrogens with zero attached hydrogens (tertiary/aromatic N) is 3. The fraction of sp³-hybridized carbons (Fsp3) is 0.393. The van der Waals surface area contributed by atoms with E-state index in [1.807, 2.05) is 24.4 Å². The summed E-state index contributed by atoms with van der Waals surface area (Å²) in [4.78, 5) is 24.0. The molecule has 0 saturated carbocycles. The second-order valence-corrected chi connectivity index (χ2v) is 8.98. The van der Waals surface area contributed by atoms with Crippen LogP contribution in [0.1, 0.15) is 47.5 Å². The number of fused-ring (bicyclic) bond motifs is 2. The number of carbonyl (C=O) groups excluding carboxylic acids is 1. The highest BCUT2D eigenvalue weighted by Crippen LogP contribution is 2.11. The van der Waals surface area contributed by atoms with Gasteiger partial charge in [-0.15, -0.1) is 0 Å². The Morgan fingerprint density at radius 3 is 2.50 bits per heavy atom. The van der Waals surface area contributed by atoms with Gasteiger partial charge in [0.2, 0.25) is 5.91 Å². The van der Waals surface area contributed by atoms with Crippen molar-refractivity contribution < 1.29 is 4.79 Å². The maximum atomic E-state index is 12.5. The number of carbonyl (C=O) groups is 1. The fourth-order valence-electron chi connectivity index (χ4n) is 4.25. The van der Waals surface area contributed by atoms with Gasteiger partial charge in [-0.1, -0.05) is 42.8 Å². The average molecular weight is 458 g/mol. The van der Waals surface area contributed by atoms with Gasteiger partial charge in [-0.05, 0) is 54.7 Å². The highest BCUT2D eigenvalue weighted by atomic mass is 16.2. The topological polar surface area (TPSA) is 70.2 Å². The van der Waals surface area contributed by atoms with Gasteiger partial charge in [0.1, 0.15) is 0 Å². The van der Waals surface area contributed by atoms with Gasteiger partial charge < -0.3 is 10.6 Å². The van der Waals surface area contributed by atoms with Crippen molar-refractivity contribution in [1.82, 2.24) is 25.5 Å². The molecule has 34 heavy (non-hydrogen) atoms. The summed E-state index contributed by atoms with van der Waals surface area (Å²) >= 11 is 0. The van der Waals surface area contributed by atoms with Gasteiger partial charge in [0.25, 0.3) is 0 Å². The summed E-state index contributed by atoms with van der Waals surface area (Å²) in [5.41, 5.74) is 5.77. The normalized spacial score (nSPS) is 15.9. The minimum Gasteiger partial charge on any atom is -0.355 e. The molecule has 1 amide bonds. The standard InChI is InChI=1S/C28H35N5O/c34-28-22-33(18-15-26-10-6-9-25(32-26)7-2-1-4-17-31-28)21-24-13-11-23(12-14-24)19-29-20-27-8-3-5-16-30-27/h3,5-6,8-14,16,29H,1-2,4,7,15,17-22H2,(H,31,34). The lowest BCUT2D eigenvalue weighted by atomic mass is 10.1. The van der Waals surface area contributed by atoms with E-state index >= 15 is 0 Å². The van der Waals surface area contributed by atoms with Crippen molar-refractivity contribution >= 4 is 5.91 Å². The van der Waals surface area contributed by atoms with Crippen LogP contribution in [0.3, 0.4) is 0 Å². The van der Waals surface area contributed by atoms with Crippen LogP contribution < -0.4 is 10.6 Å². The van der Waals surface area contributed by atoms with Crippen LogP contribution in [0.5, 0.6) is 0 Å². The molecule has 0 fully saturated rings. The zero-order valence-electron chi connectivity index (χ0n) is 19.9. The molecule has 1 aliphatic heterocycles. The summed E-state index contributed by atoms with van der Waals surface area (Å²) in [5, 5.41) is 6.54. The summed E-state index contributed by atoms with van der Waals surface area (Å²) < 4.78 is 0. The van der Waals surface area contributed by atoms with E-state index in [0.717, 1.165) is 76.2 Å². The number of hydrogen-bond donors (Lipinski definition) is 2. The molecule has 0 radical (unpaired) electrons. The van der Waals surface area contributed by atoms with Gasteiger partial charge >= 0.3 is 0 Å². The maximum absolute atomic E-state index is 12.5. The highest BCUT2D eigenvalue weighted by Gasteiger charge is 2.13. The van der Waals surface area contributed by atoms with E-state index < -0.39 is 0 Å². The van der Waals surface area contributed by atoms with Gasteiger partial charge in [0.15, 0.2) is 0 Å². The van der Waals surface area contributed by atoms with E-state index in [9.17, 15) is 4.79 Å². The third-order valence-electron chi connectivity index (χ3n) is 6.14. The molecule has 2 bridgehead atoms. The molecule has 2 aromatic heterocycles. The summed E-state index contributed by atoms with van der Waals surface area (Å²) in [6.45, 7) is 4.26. The Bertz CT molecular complexity index is 1020. The molecule has 6 heteroatoms. The Hall–Kier alpha value is -3.09. The maximum Gasteiger partial charge on any atom is 0.234 e. The lowest BCUT2D eigenvalue weighted by Gasteiger charge is -2.22. The van der Waals surface area contributed by atoms with Gasteiger partial charge in [-0.3, -0.25) is 19.7 Å². The first kappa shape index (κ1) is 24.0. The Balaban J connectivity index is 1.34. The molecule has 0 spiro atoms. The Morgan fingerprint density at radius 2 is 1.68 bits per heavy atom. The predicted octanol–water partition coefficient (Wildman–Crippen LogP) is 3.65. The quantitative estimate of drug-likeness (QED) is 0.591. The van der Waals surface area contributed by atoms with Crippen LogP contribution in [0.2, 0.25) is 0 Å². The second kappa shape index (κ2) is 13.0. The van der Waals surface area contributed by atoms with Crippen molar-refractivity contribution in [3.05, 3.63) is 95.1 Å². The van der Waals surface area contributed by atoms with E-state index in [0.29, 0.717) is 6.54 Å². The molecular formula is C28H35N5O. The Morgan fingerprint density at radius 1 is 0.853 bits per heavy atom. The molecule has 0 aliphatic carbocycles. The van der Waals surface area contributed by atoms with Crippen LogP contribution in [0.25, 0.3) is 0 Å². The van der Waals surface area contributed by atoms with Crippen molar-refractivity contribution in [2.75, 3.05) is 19.6 Å². The Labute approximate surface area is 202 Å². The molecule has 2 N–H and O–H groups in total. The summed E-state index contributed by atoms with van der Waals surface area (Å²) in [6, 6.07) is 21.0. The van der Waals surface area contributed by atoms with Crippen molar-refractivity contribution in [2.24, 2.45) is 0 Å². The fourth-order valence-corrected chi connectivity index (χ4v) is 4.25. The second-order valence-electron chi connectivity index (χ2n) is 8.98. The first-order valence-electron chi connectivity index (χ1n) is 12.4. The zero-order chi connectivity index (χ0) is 23.4. The molecule has 0 atom stereocenters. The molecular weight excluding hydrogens is 422 g/mol. The average Bonchev–Trinajstić information content (AvgIpc) is 2.86. The van der Waals surface area contributed by atoms with Crippen molar-refractivity contribution in [1.29, 1.82) is 0 Å².